The summed E-state index contributed by atoms with van der Waals surface area (Å²) < 4.78 is 0. The quantitative estimate of drug-likeness (QED) is 0.711. The lowest BCUT2D eigenvalue weighted by molar-refractivity contribution is -0.116. The van der Waals surface area contributed by atoms with Crippen molar-refractivity contribution < 1.29 is 19.5 Å². The molecule has 0 saturated heterocycles. The number of carboxylic acids is 1. The van der Waals surface area contributed by atoms with Gasteiger partial charge in [-0.05, 0) is 61.2 Å². The highest BCUT2D eigenvalue weighted by Crippen LogP contribution is 2.20. The number of nitrogens with one attached hydrogen (secondary N) is 2. The molecular formula is C21H24N2O4. The summed E-state index contributed by atoms with van der Waals surface area (Å²) in [7, 11) is 0. The number of hydrogen-bond acceptors (Lipinski definition) is 3. The van der Waals surface area contributed by atoms with Gasteiger partial charge in [-0.1, -0.05) is 19.9 Å². The van der Waals surface area contributed by atoms with E-state index in [1.165, 1.54) is 6.07 Å². The van der Waals surface area contributed by atoms with Crippen LogP contribution in [0.5, 0.6) is 0 Å². The van der Waals surface area contributed by atoms with Gasteiger partial charge in [0.25, 0.3) is 5.91 Å². The first-order valence-electron chi connectivity index (χ1n) is 8.73. The van der Waals surface area contributed by atoms with Crippen LogP contribution in [-0.2, 0) is 4.79 Å². The lowest BCUT2D eigenvalue weighted by atomic mass is 10.1. The third-order valence-electron chi connectivity index (χ3n) is 4.08. The van der Waals surface area contributed by atoms with E-state index in [1.54, 1.807) is 37.3 Å². The van der Waals surface area contributed by atoms with E-state index in [-0.39, 0.29) is 23.3 Å². The number of aryl methyl sites for hydroxylation is 2. The molecule has 3 N–H and O–H groups in total. The summed E-state index contributed by atoms with van der Waals surface area (Å²) in [6.07, 6.45) is 0.432. The van der Waals surface area contributed by atoms with Gasteiger partial charge >= 0.3 is 5.97 Å². The Kier molecular flexibility index (Phi) is 6.34. The van der Waals surface area contributed by atoms with Crippen molar-refractivity contribution >= 4 is 29.2 Å². The fourth-order valence-electron chi connectivity index (χ4n) is 2.65. The second kappa shape index (κ2) is 8.49. The highest BCUT2D eigenvalue weighted by molar-refractivity contribution is 6.05. The van der Waals surface area contributed by atoms with Gasteiger partial charge in [0.05, 0.1) is 5.56 Å². The van der Waals surface area contributed by atoms with Gasteiger partial charge in [0, 0.05) is 23.4 Å². The van der Waals surface area contributed by atoms with E-state index in [4.69, 9.17) is 0 Å². The van der Waals surface area contributed by atoms with E-state index >= 15 is 0 Å². The minimum Gasteiger partial charge on any atom is -0.478 e. The standard InChI is InChI=1S/C21H24N2O4/c1-12(2)9-19(24)23-18-8-6-15(10-14(18)4)20(25)22-16-7-5-13(3)17(11-16)21(26)27/h5-8,10-12H,9H2,1-4H3,(H,22,25)(H,23,24)(H,26,27). The van der Waals surface area contributed by atoms with Crippen LogP contribution in [0, 0.1) is 19.8 Å². The van der Waals surface area contributed by atoms with Crippen molar-refractivity contribution in [3.63, 3.8) is 0 Å². The summed E-state index contributed by atoms with van der Waals surface area (Å²) in [5.74, 6) is -1.19. The molecule has 2 aromatic carbocycles. The van der Waals surface area contributed by atoms with Crippen molar-refractivity contribution in [3.8, 4) is 0 Å². The largest absolute Gasteiger partial charge is 0.478 e. The maximum absolute atomic E-state index is 12.5. The molecule has 0 atom stereocenters. The Morgan fingerprint density at radius 3 is 2.26 bits per heavy atom. The molecule has 2 aromatic rings. The molecule has 142 valence electrons. The van der Waals surface area contributed by atoms with Crippen molar-refractivity contribution in [1.82, 2.24) is 0 Å². The van der Waals surface area contributed by atoms with E-state index in [0.29, 0.717) is 28.9 Å². The van der Waals surface area contributed by atoms with Crippen molar-refractivity contribution in [2.75, 3.05) is 10.6 Å². The molecule has 2 rings (SSSR count). The van der Waals surface area contributed by atoms with Crippen LogP contribution in [0.15, 0.2) is 36.4 Å². The third-order valence-corrected chi connectivity index (χ3v) is 4.08. The number of anilines is 2. The Labute approximate surface area is 158 Å². The van der Waals surface area contributed by atoms with Crippen LogP contribution in [-0.4, -0.2) is 22.9 Å². The zero-order valence-corrected chi connectivity index (χ0v) is 15.9. The molecule has 0 unspecified atom stereocenters. The van der Waals surface area contributed by atoms with Gasteiger partial charge in [-0.2, -0.15) is 0 Å². The molecule has 0 radical (unpaired) electrons. The average molecular weight is 368 g/mol. The molecule has 6 heteroatoms. The van der Waals surface area contributed by atoms with E-state index in [0.717, 1.165) is 5.56 Å². The van der Waals surface area contributed by atoms with Crippen molar-refractivity contribution in [1.29, 1.82) is 0 Å². The topological polar surface area (TPSA) is 95.5 Å². The average Bonchev–Trinajstić information content (AvgIpc) is 2.57. The smallest absolute Gasteiger partial charge is 0.336 e. The summed E-state index contributed by atoms with van der Waals surface area (Å²) >= 11 is 0. The van der Waals surface area contributed by atoms with Crippen LogP contribution >= 0.6 is 0 Å². The minimum absolute atomic E-state index is 0.0637. The molecule has 0 bridgehead atoms. The Hall–Kier alpha value is -3.15. The highest BCUT2D eigenvalue weighted by atomic mass is 16.4. The van der Waals surface area contributed by atoms with Gasteiger partial charge in [-0.3, -0.25) is 9.59 Å². The number of aromatic carboxylic acids is 1. The summed E-state index contributed by atoms with van der Waals surface area (Å²) in [5.41, 5.74) is 3.04. The number of benzene rings is 2. The molecule has 6 nitrogen and oxygen atoms in total. The predicted molar refractivity (Wildman–Crippen MR) is 105 cm³/mol. The van der Waals surface area contributed by atoms with Gasteiger partial charge in [0.2, 0.25) is 5.91 Å². The first kappa shape index (κ1) is 20.2. The number of carbonyl (C=O) groups excluding carboxylic acids is 2. The van der Waals surface area contributed by atoms with Crippen LogP contribution in [0.4, 0.5) is 11.4 Å². The molecule has 0 saturated carbocycles. The number of rotatable bonds is 6. The van der Waals surface area contributed by atoms with E-state index in [9.17, 15) is 19.5 Å². The van der Waals surface area contributed by atoms with Crippen LogP contribution in [0.2, 0.25) is 0 Å². The molecular weight excluding hydrogens is 344 g/mol. The summed E-state index contributed by atoms with van der Waals surface area (Å²) in [5, 5.41) is 14.7. The Morgan fingerprint density at radius 1 is 0.963 bits per heavy atom. The van der Waals surface area contributed by atoms with Gasteiger partial charge in [0.1, 0.15) is 0 Å². The van der Waals surface area contributed by atoms with Gasteiger partial charge in [-0.25, -0.2) is 4.79 Å². The van der Waals surface area contributed by atoms with Gasteiger partial charge in [0.15, 0.2) is 0 Å². The van der Waals surface area contributed by atoms with Crippen molar-refractivity contribution in [2.24, 2.45) is 5.92 Å². The summed E-state index contributed by atoms with van der Waals surface area (Å²) in [4.78, 5) is 35.6. The monoisotopic (exact) mass is 368 g/mol. The number of carbonyl (C=O) groups is 3. The molecule has 0 aromatic heterocycles. The first-order valence-corrected chi connectivity index (χ1v) is 8.73. The maximum atomic E-state index is 12.5. The molecule has 0 aliphatic heterocycles. The first-order chi connectivity index (χ1) is 12.7. The molecule has 0 aliphatic carbocycles. The number of amides is 2. The van der Waals surface area contributed by atoms with Crippen LogP contribution in [0.3, 0.4) is 0 Å². The zero-order valence-electron chi connectivity index (χ0n) is 15.9. The van der Waals surface area contributed by atoms with Crippen molar-refractivity contribution in [3.05, 3.63) is 58.7 Å². The Morgan fingerprint density at radius 2 is 1.67 bits per heavy atom. The molecule has 0 fully saturated rings. The number of carboxylic acid groups (broad SMARTS) is 1. The molecule has 0 aliphatic rings. The molecule has 2 amide bonds. The van der Waals surface area contributed by atoms with Crippen LogP contribution in [0.1, 0.15) is 52.1 Å². The lowest BCUT2D eigenvalue weighted by Gasteiger charge is -2.12. The fraction of sp³-hybridized carbons (Fsp3) is 0.286. The van der Waals surface area contributed by atoms with Crippen molar-refractivity contribution in [2.45, 2.75) is 34.1 Å². The number of hydrogen-bond donors (Lipinski definition) is 3. The highest BCUT2D eigenvalue weighted by Gasteiger charge is 2.13. The van der Waals surface area contributed by atoms with E-state index < -0.39 is 5.97 Å². The van der Waals surface area contributed by atoms with Crippen LogP contribution in [0.25, 0.3) is 0 Å². The maximum Gasteiger partial charge on any atom is 0.336 e. The molecule has 0 spiro atoms. The molecule has 27 heavy (non-hydrogen) atoms. The zero-order chi connectivity index (χ0) is 20.1. The predicted octanol–water partition coefficient (Wildman–Crippen LogP) is 4.24. The third kappa shape index (κ3) is 5.41. The Balaban J connectivity index is 2.13. The van der Waals surface area contributed by atoms with E-state index in [1.807, 2.05) is 20.8 Å². The summed E-state index contributed by atoms with van der Waals surface area (Å²) in [6.45, 7) is 7.46. The molecule has 0 heterocycles. The fourth-order valence-corrected chi connectivity index (χ4v) is 2.65. The van der Waals surface area contributed by atoms with E-state index in [2.05, 4.69) is 10.6 Å². The van der Waals surface area contributed by atoms with Crippen LogP contribution < -0.4 is 10.6 Å². The second-order valence-electron chi connectivity index (χ2n) is 6.96. The summed E-state index contributed by atoms with van der Waals surface area (Å²) in [6, 6.07) is 9.75. The lowest BCUT2D eigenvalue weighted by Crippen LogP contribution is -2.16. The van der Waals surface area contributed by atoms with Gasteiger partial charge < -0.3 is 15.7 Å². The van der Waals surface area contributed by atoms with Gasteiger partial charge in [-0.15, -0.1) is 0 Å². The Bertz CT molecular complexity index is 888. The minimum atomic E-state index is -1.04. The SMILES string of the molecule is Cc1cc(C(=O)Nc2ccc(C)c(C(=O)O)c2)ccc1NC(=O)CC(C)C. The second-order valence-corrected chi connectivity index (χ2v) is 6.96. The normalized spacial score (nSPS) is 10.6.